The lowest BCUT2D eigenvalue weighted by Crippen LogP contribution is -2.03. The summed E-state index contributed by atoms with van der Waals surface area (Å²) in [6, 6.07) is 17.1. The Morgan fingerprint density at radius 1 is 0.714 bits per heavy atom. The quantitative estimate of drug-likeness (QED) is 0.560. The summed E-state index contributed by atoms with van der Waals surface area (Å²) in [5.41, 5.74) is 0. The fourth-order valence-corrected chi connectivity index (χ4v) is 6.21. The summed E-state index contributed by atoms with van der Waals surface area (Å²) in [6.45, 7) is 0. The highest BCUT2D eigenvalue weighted by Crippen LogP contribution is 2.53. The molecule has 0 saturated carbocycles. The third-order valence-electron chi connectivity index (χ3n) is 3.42. The maximum atomic E-state index is 11.4. The van der Waals surface area contributed by atoms with Crippen LogP contribution < -0.4 is 0 Å². The summed E-state index contributed by atoms with van der Waals surface area (Å²) in [5.74, 6) is 0.0651. The van der Waals surface area contributed by atoms with Crippen LogP contribution in [0.2, 0.25) is 0 Å². The molecule has 0 spiro atoms. The smallest absolute Gasteiger partial charge is 0.178 e. The lowest BCUT2D eigenvalue weighted by Gasteiger charge is -2.24. The van der Waals surface area contributed by atoms with Gasteiger partial charge in [-0.05, 0) is 48.6 Å². The van der Waals surface area contributed by atoms with Crippen molar-refractivity contribution in [2.45, 2.75) is 19.6 Å². The average Bonchev–Trinajstić information content (AvgIpc) is 2.53. The zero-order valence-electron chi connectivity index (χ0n) is 11.2. The van der Waals surface area contributed by atoms with Gasteiger partial charge in [0.25, 0.3) is 0 Å². The van der Waals surface area contributed by atoms with Crippen LogP contribution in [0.5, 0.6) is 0 Å². The molecule has 4 rings (SSSR count). The van der Waals surface area contributed by atoms with Gasteiger partial charge in [-0.3, -0.25) is 4.79 Å². The van der Waals surface area contributed by atoms with E-state index in [2.05, 4.69) is 48.5 Å². The number of fused-ring (bicyclic) bond motifs is 2. The minimum Gasteiger partial charge on any atom is -0.290 e. The molecule has 2 aromatic rings. The zero-order valence-corrected chi connectivity index (χ0v) is 12.8. The van der Waals surface area contributed by atoms with Crippen LogP contribution in [0.15, 0.2) is 92.4 Å². The van der Waals surface area contributed by atoms with Crippen molar-refractivity contribution in [3.05, 3.63) is 72.8 Å². The van der Waals surface area contributed by atoms with Crippen LogP contribution >= 0.6 is 22.2 Å². The van der Waals surface area contributed by atoms with Crippen molar-refractivity contribution in [1.29, 1.82) is 0 Å². The minimum atomic E-state index is -0.126. The largest absolute Gasteiger partial charge is 0.290 e. The topological polar surface area (TPSA) is 17.1 Å². The number of hydrogen-bond donors (Lipinski definition) is 0. The van der Waals surface area contributed by atoms with Gasteiger partial charge in [0, 0.05) is 24.4 Å². The molecule has 0 radical (unpaired) electrons. The molecule has 0 aromatic heterocycles. The molecule has 2 aliphatic rings. The highest BCUT2D eigenvalue weighted by Gasteiger charge is 2.21. The van der Waals surface area contributed by atoms with E-state index in [0.29, 0.717) is 0 Å². The maximum Gasteiger partial charge on any atom is 0.178 e. The number of ketones is 1. The van der Waals surface area contributed by atoms with Gasteiger partial charge in [-0.1, -0.05) is 36.0 Å². The molecule has 102 valence electrons. The Balaban J connectivity index is 2.03. The predicted molar refractivity (Wildman–Crippen MR) is 89.4 cm³/mol. The van der Waals surface area contributed by atoms with Crippen LogP contribution in [0, 0.1) is 0 Å². The van der Waals surface area contributed by atoms with Crippen LogP contribution in [-0.2, 0) is 4.79 Å². The summed E-state index contributed by atoms with van der Waals surface area (Å²) in [7, 11) is -0.126. The number of carbonyl (C=O) groups excluding carboxylic acids is 1. The SMILES string of the molecule is O=C1C=CC(=S2c3ccccc3Sc3ccccc32)C=C1. The second-order valence-electron chi connectivity index (χ2n) is 4.77. The van der Waals surface area contributed by atoms with E-state index in [1.165, 1.54) is 24.4 Å². The van der Waals surface area contributed by atoms with E-state index in [0.717, 1.165) is 0 Å². The fraction of sp³-hybridized carbons (Fsp3) is 0. The first-order valence-electron chi connectivity index (χ1n) is 6.70. The molecule has 0 bridgehead atoms. The van der Waals surface area contributed by atoms with Gasteiger partial charge in [-0.25, -0.2) is 0 Å². The van der Waals surface area contributed by atoms with Gasteiger partial charge >= 0.3 is 0 Å². The summed E-state index contributed by atoms with van der Waals surface area (Å²) in [4.78, 5) is 17.9. The van der Waals surface area contributed by atoms with Gasteiger partial charge in [-0.15, -0.1) is 10.5 Å². The summed E-state index contributed by atoms with van der Waals surface area (Å²) in [6.07, 6.45) is 7.26. The molecule has 0 unspecified atom stereocenters. The number of rotatable bonds is 0. The summed E-state index contributed by atoms with van der Waals surface area (Å²) >= 11 is 1.83. The zero-order chi connectivity index (χ0) is 14.2. The van der Waals surface area contributed by atoms with E-state index < -0.39 is 0 Å². The Morgan fingerprint density at radius 2 is 1.24 bits per heavy atom. The van der Waals surface area contributed by atoms with Gasteiger partial charge in [-0.2, -0.15) is 0 Å². The number of carbonyl (C=O) groups is 1. The van der Waals surface area contributed by atoms with Crippen molar-refractivity contribution >= 4 is 32.9 Å². The molecule has 0 amide bonds. The Labute approximate surface area is 130 Å². The standard InChI is InChI=1S/C18H12OS2/c19-13-9-11-14(12-10-13)21-17-7-3-1-5-15(17)20-16-6-2-4-8-18(16)21/h1-12H. The third kappa shape index (κ3) is 2.23. The molecule has 1 heterocycles. The second kappa shape index (κ2) is 5.17. The summed E-state index contributed by atoms with van der Waals surface area (Å²) in [5, 5.41) is 0. The second-order valence-corrected chi connectivity index (χ2v) is 7.82. The molecule has 0 N–H and O–H groups in total. The van der Waals surface area contributed by atoms with E-state index in [-0.39, 0.29) is 16.3 Å². The number of hydrogen-bond acceptors (Lipinski definition) is 2. The van der Waals surface area contributed by atoms with Crippen LogP contribution in [0.1, 0.15) is 0 Å². The molecule has 0 saturated heterocycles. The lowest BCUT2D eigenvalue weighted by molar-refractivity contribution is -0.110. The van der Waals surface area contributed by atoms with E-state index in [1.54, 1.807) is 12.2 Å². The fourth-order valence-electron chi connectivity index (χ4n) is 2.47. The number of allylic oxidation sites excluding steroid dienone is 4. The molecule has 0 atom stereocenters. The molecule has 3 heteroatoms. The monoisotopic (exact) mass is 308 g/mol. The van der Waals surface area contributed by atoms with E-state index >= 15 is 0 Å². The lowest BCUT2D eigenvalue weighted by atomic mass is 10.2. The van der Waals surface area contributed by atoms with Gasteiger partial charge in [0.05, 0.1) is 0 Å². The Kier molecular flexibility index (Phi) is 3.17. The van der Waals surface area contributed by atoms with Crippen molar-refractivity contribution < 1.29 is 4.79 Å². The van der Waals surface area contributed by atoms with Crippen molar-refractivity contribution in [2.24, 2.45) is 0 Å². The number of benzene rings is 2. The molecule has 1 aliphatic carbocycles. The highest BCUT2D eigenvalue weighted by molar-refractivity contribution is 8.18. The first-order chi connectivity index (χ1) is 10.3. The molecular weight excluding hydrogens is 296 g/mol. The predicted octanol–water partition coefficient (Wildman–Crippen LogP) is 4.71. The third-order valence-corrected chi connectivity index (χ3v) is 7.16. The van der Waals surface area contributed by atoms with E-state index in [4.69, 9.17) is 0 Å². The molecule has 2 aromatic carbocycles. The van der Waals surface area contributed by atoms with Crippen molar-refractivity contribution in [3.8, 4) is 0 Å². The van der Waals surface area contributed by atoms with Crippen LogP contribution in [0.25, 0.3) is 0 Å². The van der Waals surface area contributed by atoms with Gasteiger partial charge in [0.1, 0.15) is 0 Å². The first-order valence-corrected chi connectivity index (χ1v) is 8.74. The molecule has 1 aliphatic heterocycles. The van der Waals surface area contributed by atoms with Crippen molar-refractivity contribution in [2.75, 3.05) is 0 Å². The molecule has 1 nitrogen and oxygen atoms in total. The van der Waals surface area contributed by atoms with Crippen molar-refractivity contribution in [1.82, 2.24) is 0 Å². The molecule has 21 heavy (non-hydrogen) atoms. The van der Waals surface area contributed by atoms with Gasteiger partial charge in [0.15, 0.2) is 5.78 Å². The first kappa shape index (κ1) is 12.9. The Hall–Kier alpha value is -1.84. The summed E-state index contributed by atoms with van der Waals surface area (Å²) < 4.78 is 0. The van der Waals surface area contributed by atoms with Crippen LogP contribution in [0.3, 0.4) is 0 Å². The van der Waals surface area contributed by atoms with Crippen LogP contribution in [-0.4, -0.2) is 10.6 Å². The van der Waals surface area contributed by atoms with Gasteiger partial charge < -0.3 is 0 Å². The molecule has 0 fully saturated rings. The van der Waals surface area contributed by atoms with Crippen molar-refractivity contribution in [3.63, 3.8) is 0 Å². The normalized spacial score (nSPS) is 16.8. The molecular formula is C18H12OS2. The Bertz CT molecular complexity index is 778. The van der Waals surface area contributed by atoms with Crippen LogP contribution in [0.4, 0.5) is 0 Å². The van der Waals surface area contributed by atoms with Gasteiger partial charge in [0.2, 0.25) is 0 Å². The van der Waals surface area contributed by atoms with E-state index in [9.17, 15) is 4.79 Å². The highest BCUT2D eigenvalue weighted by atomic mass is 32.2. The average molecular weight is 308 g/mol. The maximum absolute atomic E-state index is 11.4. The van der Waals surface area contributed by atoms with E-state index in [1.807, 2.05) is 23.9 Å². The Morgan fingerprint density at radius 3 is 1.81 bits per heavy atom. The minimum absolute atomic E-state index is 0.0651.